The third kappa shape index (κ3) is 4.60. The van der Waals surface area contributed by atoms with Gasteiger partial charge in [-0.1, -0.05) is 35.9 Å². The zero-order chi connectivity index (χ0) is 20.1. The van der Waals surface area contributed by atoms with Gasteiger partial charge in [-0.2, -0.15) is 0 Å². The molecule has 1 fully saturated rings. The van der Waals surface area contributed by atoms with Crippen LogP contribution in [0.3, 0.4) is 0 Å². The fraction of sp³-hybridized carbons (Fsp3) is 0.261. The first-order chi connectivity index (χ1) is 14.2. The molecular weight excluding hydrogens is 364 g/mol. The van der Waals surface area contributed by atoms with E-state index in [4.69, 9.17) is 4.74 Å². The van der Waals surface area contributed by atoms with Crippen molar-refractivity contribution in [2.75, 3.05) is 31.2 Å². The van der Waals surface area contributed by atoms with Crippen molar-refractivity contribution in [2.24, 2.45) is 0 Å². The zero-order valence-electron chi connectivity index (χ0n) is 16.4. The van der Waals surface area contributed by atoms with Crippen LogP contribution in [0.5, 0.6) is 0 Å². The quantitative estimate of drug-likeness (QED) is 0.727. The summed E-state index contributed by atoms with van der Waals surface area (Å²) in [6.45, 7) is 4.95. The fourth-order valence-corrected chi connectivity index (χ4v) is 3.40. The van der Waals surface area contributed by atoms with Crippen molar-refractivity contribution in [3.8, 4) is 0 Å². The second-order valence-corrected chi connectivity index (χ2v) is 7.11. The van der Waals surface area contributed by atoms with E-state index in [1.807, 2.05) is 49.4 Å². The van der Waals surface area contributed by atoms with Crippen molar-refractivity contribution >= 4 is 11.7 Å². The number of nitrogens with zero attached hydrogens (tertiary/aromatic N) is 3. The number of aryl methyl sites for hydroxylation is 1. The van der Waals surface area contributed by atoms with E-state index in [2.05, 4.69) is 20.2 Å². The molecule has 1 amide bonds. The van der Waals surface area contributed by atoms with Gasteiger partial charge in [0.2, 0.25) is 0 Å². The molecule has 3 aromatic rings. The van der Waals surface area contributed by atoms with Gasteiger partial charge >= 0.3 is 0 Å². The molecule has 1 saturated heterocycles. The van der Waals surface area contributed by atoms with Crippen LogP contribution in [0.25, 0.3) is 0 Å². The van der Waals surface area contributed by atoms with Crippen molar-refractivity contribution in [2.45, 2.75) is 13.0 Å². The number of amides is 1. The van der Waals surface area contributed by atoms with Crippen LogP contribution < -0.4 is 10.2 Å². The summed E-state index contributed by atoms with van der Waals surface area (Å²) >= 11 is 0. The Labute approximate surface area is 170 Å². The number of benzene rings is 1. The molecule has 0 radical (unpaired) electrons. The minimum absolute atomic E-state index is 0.142. The minimum atomic E-state index is -0.281. The summed E-state index contributed by atoms with van der Waals surface area (Å²) in [5.41, 5.74) is 3.71. The van der Waals surface area contributed by atoms with Crippen LogP contribution >= 0.6 is 0 Å². The van der Waals surface area contributed by atoms with Crippen molar-refractivity contribution in [1.82, 2.24) is 15.3 Å². The molecule has 1 aliphatic rings. The molecule has 6 heteroatoms. The summed E-state index contributed by atoms with van der Waals surface area (Å²) in [4.78, 5) is 23.9. The first kappa shape index (κ1) is 19.1. The summed E-state index contributed by atoms with van der Waals surface area (Å²) in [7, 11) is 0. The highest BCUT2D eigenvalue weighted by Gasteiger charge is 2.20. The topological polar surface area (TPSA) is 67.4 Å². The molecule has 148 valence electrons. The van der Waals surface area contributed by atoms with Gasteiger partial charge in [0.25, 0.3) is 5.91 Å². The molecule has 1 atom stereocenters. The van der Waals surface area contributed by atoms with E-state index in [0.29, 0.717) is 18.8 Å². The minimum Gasteiger partial charge on any atom is -0.378 e. The van der Waals surface area contributed by atoms with Gasteiger partial charge in [-0.25, -0.2) is 4.98 Å². The van der Waals surface area contributed by atoms with Crippen molar-refractivity contribution in [3.05, 3.63) is 89.4 Å². The summed E-state index contributed by atoms with van der Waals surface area (Å²) in [5.74, 6) is 0.658. The molecule has 0 unspecified atom stereocenters. The fourth-order valence-electron chi connectivity index (χ4n) is 3.40. The lowest BCUT2D eigenvalue weighted by Gasteiger charge is -2.28. The van der Waals surface area contributed by atoms with E-state index in [-0.39, 0.29) is 11.9 Å². The highest BCUT2D eigenvalue weighted by atomic mass is 16.5. The van der Waals surface area contributed by atoms with E-state index in [1.165, 1.54) is 5.56 Å². The number of aromatic nitrogens is 2. The molecule has 6 nitrogen and oxygen atoms in total. The Balaban J connectivity index is 1.59. The van der Waals surface area contributed by atoms with Gasteiger partial charge < -0.3 is 15.0 Å². The van der Waals surface area contributed by atoms with Crippen LogP contribution in [0, 0.1) is 6.92 Å². The molecule has 29 heavy (non-hydrogen) atoms. The number of morpholine rings is 1. The normalized spacial score (nSPS) is 15.0. The number of pyridine rings is 2. The number of anilines is 1. The Morgan fingerprint density at radius 1 is 1.07 bits per heavy atom. The molecule has 2 aromatic heterocycles. The lowest BCUT2D eigenvalue weighted by Crippen LogP contribution is -2.37. The van der Waals surface area contributed by atoms with Crippen molar-refractivity contribution < 1.29 is 9.53 Å². The second kappa shape index (κ2) is 8.84. The highest BCUT2D eigenvalue weighted by Crippen LogP contribution is 2.23. The molecule has 4 rings (SSSR count). The number of hydrogen-bond acceptors (Lipinski definition) is 5. The standard InChI is InChI=1S/C23H24N4O2/c1-17-4-6-18(7-5-17)22(20-3-2-9-24-16-20)26-23(28)19-8-10-25-21(15-19)27-11-13-29-14-12-27/h2-10,15-16,22H,11-14H2,1H3,(H,26,28)/t22-/m0/s1. The molecule has 0 aliphatic carbocycles. The first-order valence-electron chi connectivity index (χ1n) is 9.77. The number of rotatable bonds is 5. The zero-order valence-corrected chi connectivity index (χ0v) is 16.4. The molecule has 0 bridgehead atoms. The average Bonchev–Trinajstić information content (AvgIpc) is 2.79. The Bertz CT molecular complexity index is 954. The molecule has 3 heterocycles. The Morgan fingerprint density at radius 3 is 2.59 bits per heavy atom. The Kier molecular flexibility index (Phi) is 5.81. The van der Waals surface area contributed by atoms with E-state index in [0.717, 1.165) is 30.0 Å². The summed E-state index contributed by atoms with van der Waals surface area (Å²) in [6, 6.07) is 15.3. The lowest BCUT2D eigenvalue weighted by atomic mass is 9.98. The van der Waals surface area contributed by atoms with E-state index in [9.17, 15) is 4.79 Å². The number of carbonyl (C=O) groups excluding carboxylic acids is 1. The lowest BCUT2D eigenvalue weighted by molar-refractivity contribution is 0.0943. The third-order valence-corrected chi connectivity index (χ3v) is 5.05. The van der Waals surface area contributed by atoms with Crippen molar-refractivity contribution in [1.29, 1.82) is 0 Å². The molecule has 0 spiro atoms. The third-order valence-electron chi connectivity index (χ3n) is 5.05. The van der Waals surface area contributed by atoms with Gasteiger partial charge in [0.1, 0.15) is 5.82 Å². The largest absolute Gasteiger partial charge is 0.378 e. The van der Waals surface area contributed by atoms with Gasteiger partial charge in [0, 0.05) is 37.2 Å². The molecular formula is C23H24N4O2. The van der Waals surface area contributed by atoms with E-state index in [1.54, 1.807) is 24.7 Å². The Morgan fingerprint density at radius 2 is 1.86 bits per heavy atom. The van der Waals surface area contributed by atoms with Gasteiger partial charge in [-0.3, -0.25) is 9.78 Å². The average molecular weight is 388 g/mol. The van der Waals surface area contributed by atoms with Crippen molar-refractivity contribution in [3.63, 3.8) is 0 Å². The predicted molar refractivity (Wildman–Crippen MR) is 112 cm³/mol. The smallest absolute Gasteiger partial charge is 0.252 e. The van der Waals surface area contributed by atoms with Crippen LogP contribution in [0.1, 0.15) is 33.1 Å². The maximum Gasteiger partial charge on any atom is 0.252 e. The van der Waals surface area contributed by atoms with E-state index < -0.39 is 0 Å². The number of nitrogens with one attached hydrogen (secondary N) is 1. The van der Waals surface area contributed by atoms with Gasteiger partial charge in [-0.05, 0) is 36.2 Å². The number of ether oxygens (including phenoxy) is 1. The summed E-state index contributed by atoms with van der Waals surface area (Å²) in [6.07, 6.45) is 5.20. The van der Waals surface area contributed by atoms with Crippen LogP contribution in [0.15, 0.2) is 67.1 Å². The molecule has 1 aliphatic heterocycles. The molecule has 0 saturated carbocycles. The van der Waals surface area contributed by atoms with Crippen LogP contribution in [0.2, 0.25) is 0 Å². The Hall–Kier alpha value is -3.25. The first-order valence-corrected chi connectivity index (χ1v) is 9.77. The van der Waals surface area contributed by atoms with E-state index >= 15 is 0 Å². The molecule has 1 N–H and O–H groups in total. The molecule has 1 aromatic carbocycles. The van der Waals surface area contributed by atoms with Crippen LogP contribution in [-0.4, -0.2) is 42.2 Å². The number of hydrogen-bond donors (Lipinski definition) is 1. The summed E-state index contributed by atoms with van der Waals surface area (Å²) < 4.78 is 5.40. The monoisotopic (exact) mass is 388 g/mol. The van der Waals surface area contributed by atoms with Crippen LogP contribution in [-0.2, 0) is 4.74 Å². The highest BCUT2D eigenvalue weighted by molar-refractivity contribution is 5.95. The maximum absolute atomic E-state index is 13.1. The maximum atomic E-state index is 13.1. The summed E-state index contributed by atoms with van der Waals surface area (Å²) in [5, 5.41) is 3.17. The van der Waals surface area contributed by atoms with Gasteiger partial charge in [-0.15, -0.1) is 0 Å². The van der Waals surface area contributed by atoms with Crippen LogP contribution in [0.4, 0.5) is 5.82 Å². The van der Waals surface area contributed by atoms with Gasteiger partial charge in [0.05, 0.1) is 19.3 Å². The number of carbonyl (C=O) groups is 1. The second-order valence-electron chi connectivity index (χ2n) is 7.11. The SMILES string of the molecule is Cc1ccc([C@H](NC(=O)c2ccnc(N3CCOCC3)c2)c2cccnc2)cc1. The van der Waals surface area contributed by atoms with Gasteiger partial charge in [0.15, 0.2) is 0 Å². The predicted octanol–water partition coefficient (Wildman–Crippen LogP) is 3.14.